The Morgan fingerprint density at radius 3 is 2.32 bits per heavy atom. The molecule has 0 saturated heterocycles. The Labute approximate surface area is 162 Å². The molecular weight excluding hydrogens is 366 g/mol. The lowest BCUT2D eigenvalue weighted by Crippen LogP contribution is -2.34. The number of benzene rings is 2. The molecule has 2 aromatic carbocycles. The highest BCUT2D eigenvalue weighted by molar-refractivity contribution is 6.11. The third kappa shape index (κ3) is 4.92. The summed E-state index contributed by atoms with van der Waals surface area (Å²) in [6.07, 6.45) is 0.631. The molecule has 5 nitrogen and oxygen atoms in total. The van der Waals surface area contributed by atoms with Gasteiger partial charge in [-0.05, 0) is 43.7 Å². The van der Waals surface area contributed by atoms with E-state index in [1.165, 1.54) is 25.3 Å². The average molecular weight is 390 g/mol. The number of hydrogen-bond acceptors (Lipinski definition) is 4. The van der Waals surface area contributed by atoms with Gasteiger partial charge in [0.15, 0.2) is 5.78 Å². The first-order valence-electron chi connectivity index (χ1n) is 8.99. The number of ether oxygens (including phenoxy) is 1. The standard InChI is InChI=1S/C21H24F2N2O3/c1-4-16(25-12(2)11-18(24)26)15-9-10-17(28-3)19(20(15)23)21(27)13-5-7-14(22)8-6-13/h5-10,12,16,25H,4,11H2,1-3H3,(H2,24,26)/t12-,16-/m1/s1. The van der Waals surface area contributed by atoms with Gasteiger partial charge in [0.05, 0.1) is 7.11 Å². The summed E-state index contributed by atoms with van der Waals surface area (Å²) >= 11 is 0. The number of nitrogens with two attached hydrogens (primary N) is 1. The Bertz CT molecular complexity index is 853. The van der Waals surface area contributed by atoms with Gasteiger partial charge in [0.1, 0.15) is 22.9 Å². The van der Waals surface area contributed by atoms with Gasteiger partial charge in [-0.3, -0.25) is 9.59 Å². The number of nitrogens with one attached hydrogen (secondary N) is 1. The van der Waals surface area contributed by atoms with Crippen molar-refractivity contribution in [3.63, 3.8) is 0 Å². The second kappa shape index (κ2) is 9.41. The smallest absolute Gasteiger partial charge is 0.218 e. The Hall–Kier alpha value is -2.80. The van der Waals surface area contributed by atoms with Crippen LogP contribution in [0.2, 0.25) is 0 Å². The molecule has 0 aromatic heterocycles. The van der Waals surface area contributed by atoms with Crippen LogP contribution in [0.3, 0.4) is 0 Å². The molecule has 0 spiro atoms. The van der Waals surface area contributed by atoms with E-state index in [9.17, 15) is 14.0 Å². The zero-order valence-corrected chi connectivity index (χ0v) is 16.1. The number of carbonyl (C=O) groups is 2. The van der Waals surface area contributed by atoms with Crippen molar-refractivity contribution in [2.45, 2.75) is 38.8 Å². The molecule has 150 valence electrons. The molecule has 0 fully saturated rings. The molecule has 3 N–H and O–H groups in total. The summed E-state index contributed by atoms with van der Waals surface area (Å²) in [4.78, 5) is 24.0. The van der Waals surface area contributed by atoms with Gasteiger partial charge in [-0.2, -0.15) is 0 Å². The van der Waals surface area contributed by atoms with Crippen molar-refractivity contribution in [2.75, 3.05) is 7.11 Å². The van der Waals surface area contributed by atoms with Crippen LogP contribution in [0.15, 0.2) is 36.4 Å². The number of hydrogen-bond donors (Lipinski definition) is 2. The fourth-order valence-corrected chi connectivity index (χ4v) is 3.10. The van der Waals surface area contributed by atoms with E-state index in [4.69, 9.17) is 10.5 Å². The van der Waals surface area contributed by atoms with Gasteiger partial charge in [0, 0.05) is 29.6 Å². The lowest BCUT2D eigenvalue weighted by atomic mass is 9.95. The Kier molecular flexibility index (Phi) is 7.23. The fourth-order valence-electron chi connectivity index (χ4n) is 3.10. The summed E-state index contributed by atoms with van der Waals surface area (Å²) in [6.45, 7) is 3.64. The van der Waals surface area contributed by atoms with Crippen LogP contribution < -0.4 is 15.8 Å². The maximum atomic E-state index is 15.4. The lowest BCUT2D eigenvalue weighted by molar-refractivity contribution is -0.118. The zero-order valence-electron chi connectivity index (χ0n) is 16.1. The van der Waals surface area contributed by atoms with Crippen molar-refractivity contribution < 1.29 is 23.1 Å². The average Bonchev–Trinajstić information content (AvgIpc) is 2.65. The first-order chi connectivity index (χ1) is 13.3. The molecule has 0 heterocycles. The van der Waals surface area contributed by atoms with Gasteiger partial charge < -0.3 is 15.8 Å². The van der Waals surface area contributed by atoms with Gasteiger partial charge >= 0.3 is 0 Å². The van der Waals surface area contributed by atoms with Crippen molar-refractivity contribution in [1.82, 2.24) is 5.32 Å². The number of halogens is 2. The van der Waals surface area contributed by atoms with Crippen LogP contribution in [-0.4, -0.2) is 24.8 Å². The van der Waals surface area contributed by atoms with Crippen LogP contribution >= 0.6 is 0 Å². The largest absolute Gasteiger partial charge is 0.496 e. The lowest BCUT2D eigenvalue weighted by Gasteiger charge is -2.23. The van der Waals surface area contributed by atoms with Crippen LogP contribution in [0.25, 0.3) is 0 Å². The van der Waals surface area contributed by atoms with E-state index in [0.29, 0.717) is 6.42 Å². The third-order valence-electron chi connectivity index (χ3n) is 4.46. The quantitative estimate of drug-likeness (QED) is 0.642. The van der Waals surface area contributed by atoms with Gasteiger partial charge in [0.25, 0.3) is 0 Å². The van der Waals surface area contributed by atoms with Crippen molar-refractivity contribution in [3.05, 3.63) is 64.7 Å². The summed E-state index contributed by atoms with van der Waals surface area (Å²) in [5.74, 6) is -2.17. The minimum atomic E-state index is -0.709. The van der Waals surface area contributed by atoms with E-state index in [1.807, 2.05) is 6.92 Å². The molecule has 0 aliphatic carbocycles. The monoisotopic (exact) mass is 390 g/mol. The van der Waals surface area contributed by atoms with Crippen molar-refractivity contribution >= 4 is 11.7 Å². The molecule has 1 amide bonds. The molecule has 7 heteroatoms. The minimum absolute atomic E-state index is 0.0932. The Morgan fingerprint density at radius 2 is 1.79 bits per heavy atom. The van der Waals surface area contributed by atoms with E-state index >= 15 is 4.39 Å². The summed E-state index contributed by atoms with van der Waals surface area (Å²) in [6, 6.07) is 7.26. The molecule has 28 heavy (non-hydrogen) atoms. The van der Waals surface area contributed by atoms with Gasteiger partial charge in [0.2, 0.25) is 5.91 Å². The molecule has 0 bridgehead atoms. The fraction of sp³-hybridized carbons (Fsp3) is 0.333. The van der Waals surface area contributed by atoms with Gasteiger partial charge in [-0.25, -0.2) is 8.78 Å². The zero-order chi connectivity index (χ0) is 20.8. The van der Waals surface area contributed by atoms with Crippen molar-refractivity contribution in [3.8, 4) is 5.75 Å². The first kappa shape index (κ1) is 21.5. The Morgan fingerprint density at radius 1 is 1.14 bits per heavy atom. The Balaban J connectivity index is 2.44. The molecule has 0 unspecified atom stereocenters. The van der Waals surface area contributed by atoms with Crippen LogP contribution in [-0.2, 0) is 4.79 Å². The van der Waals surface area contributed by atoms with Gasteiger partial charge in [-0.15, -0.1) is 0 Å². The predicted molar refractivity (Wildman–Crippen MR) is 102 cm³/mol. The summed E-state index contributed by atoms with van der Waals surface area (Å²) in [5.41, 5.74) is 5.44. The topological polar surface area (TPSA) is 81.4 Å². The molecule has 0 aliphatic rings. The van der Waals surface area contributed by atoms with E-state index in [1.54, 1.807) is 13.0 Å². The number of carbonyl (C=O) groups excluding carboxylic acids is 2. The van der Waals surface area contributed by atoms with Crippen LogP contribution in [0.5, 0.6) is 5.75 Å². The number of rotatable bonds is 9. The van der Waals surface area contributed by atoms with Crippen molar-refractivity contribution in [2.24, 2.45) is 5.73 Å². The van der Waals surface area contributed by atoms with E-state index in [-0.39, 0.29) is 34.9 Å². The number of amides is 1. The molecule has 2 aromatic rings. The molecule has 2 rings (SSSR count). The highest BCUT2D eigenvalue weighted by Gasteiger charge is 2.26. The van der Waals surface area contributed by atoms with E-state index in [2.05, 4.69) is 5.32 Å². The molecule has 0 aliphatic heterocycles. The third-order valence-corrected chi connectivity index (χ3v) is 4.46. The molecule has 0 saturated carbocycles. The SMILES string of the molecule is CC[C@@H](N[C@H](C)CC(N)=O)c1ccc(OC)c(C(=O)c2ccc(F)cc2)c1F. The molecule has 0 radical (unpaired) electrons. The first-order valence-corrected chi connectivity index (χ1v) is 8.99. The highest BCUT2D eigenvalue weighted by atomic mass is 19.1. The van der Waals surface area contributed by atoms with Crippen LogP contribution in [0.4, 0.5) is 8.78 Å². The maximum absolute atomic E-state index is 15.4. The second-order valence-electron chi connectivity index (χ2n) is 6.58. The van der Waals surface area contributed by atoms with E-state index in [0.717, 1.165) is 12.1 Å². The predicted octanol–water partition coefficient (Wildman–Crippen LogP) is 3.51. The van der Waals surface area contributed by atoms with Crippen molar-refractivity contribution in [1.29, 1.82) is 0 Å². The number of primary amides is 1. The highest BCUT2D eigenvalue weighted by Crippen LogP contribution is 2.31. The van der Waals surface area contributed by atoms with E-state index < -0.39 is 29.4 Å². The van der Waals surface area contributed by atoms with Crippen LogP contribution in [0.1, 0.15) is 54.2 Å². The number of methoxy groups -OCH3 is 1. The van der Waals surface area contributed by atoms with Crippen LogP contribution in [0, 0.1) is 11.6 Å². The maximum Gasteiger partial charge on any atom is 0.218 e. The number of ketones is 1. The minimum Gasteiger partial charge on any atom is -0.496 e. The van der Waals surface area contributed by atoms with Gasteiger partial charge in [-0.1, -0.05) is 13.0 Å². The molecule has 2 atom stereocenters. The summed E-state index contributed by atoms with van der Waals surface area (Å²) in [7, 11) is 1.35. The molecular formula is C21H24F2N2O3. The summed E-state index contributed by atoms with van der Waals surface area (Å²) < 4.78 is 33.7. The summed E-state index contributed by atoms with van der Waals surface area (Å²) in [5, 5.41) is 3.16. The normalized spacial score (nSPS) is 13.0. The second-order valence-corrected chi connectivity index (χ2v) is 6.58.